The van der Waals surface area contributed by atoms with Crippen molar-refractivity contribution in [3.05, 3.63) is 12.2 Å². The zero-order chi connectivity index (χ0) is 10.1. The van der Waals surface area contributed by atoms with Gasteiger partial charge in [-0.3, -0.25) is 9.59 Å². The van der Waals surface area contributed by atoms with E-state index in [2.05, 4.69) is 0 Å². The molecule has 0 fully saturated rings. The molecule has 0 unspecified atom stereocenters. The highest BCUT2D eigenvalue weighted by molar-refractivity contribution is 5.95. The summed E-state index contributed by atoms with van der Waals surface area (Å²) in [6, 6.07) is 0. The zero-order valence-corrected chi connectivity index (χ0v) is 7.86. The largest absolute Gasteiger partial charge is 0.346 e. The van der Waals surface area contributed by atoms with E-state index < -0.39 is 6.29 Å². The van der Waals surface area contributed by atoms with Crippen molar-refractivity contribution in [2.75, 3.05) is 13.2 Å². The molecule has 0 aromatic rings. The van der Waals surface area contributed by atoms with Gasteiger partial charge >= 0.3 is 0 Å². The first-order chi connectivity index (χ1) is 6.26. The fraction of sp³-hybridized carbons (Fsp3) is 0.556. The number of ketones is 1. The van der Waals surface area contributed by atoms with E-state index in [1.54, 1.807) is 13.8 Å². The first-order valence-electron chi connectivity index (χ1n) is 4.15. The fourth-order valence-corrected chi connectivity index (χ4v) is 0.728. The van der Waals surface area contributed by atoms with E-state index in [-0.39, 0.29) is 5.78 Å². The SMILES string of the molecule is CCOC(OCC)C(=O)/C=C/C=O. The third-order valence-corrected chi connectivity index (χ3v) is 1.21. The summed E-state index contributed by atoms with van der Waals surface area (Å²) in [5.74, 6) is -0.351. The number of aldehydes is 1. The Labute approximate surface area is 77.5 Å². The van der Waals surface area contributed by atoms with Crippen LogP contribution in [-0.2, 0) is 19.1 Å². The van der Waals surface area contributed by atoms with Crippen molar-refractivity contribution in [3.63, 3.8) is 0 Å². The highest BCUT2D eigenvalue weighted by Crippen LogP contribution is 1.97. The van der Waals surface area contributed by atoms with Gasteiger partial charge in [-0.2, -0.15) is 0 Å². The molecule has 0 aromatic carbocycles. The Hall–Kier alpha value is -1.00. The maximum absolute atomic E-state index is 11.2. The summed E-state index contributed by atoms with van der Waals surface area (Å²) in [6.07, 6.45) is 1.91. The van der Waals surface area contributed by atoms with Crippen molar-refractivity contribution in [2.45, 2.75) is 20.1 Å². The van der Waals surface area contributed by atoms with E-state index >= 15 is 0 Å². The standard InChI is InChI=1S/C9H14O4/c1-3-12-9(13-4-2)8(11)6-5-7-10/h5-7,9H,3-4H2,1-2H3/b6-5+. The van der Waals surface area contributed by atoms with Crippen LogP contribution >= 0.6 is 0 Å². The molecule has 0 amide bonds. The van der Waals surface area contributed by atoms with Crippen molar-refractivity contribution >= 4 is 12.1 Å². The lowest BCUT2D eigenvalue weighted by atomic mass is 10.3. The van der Waals surface area contributed by atoms with Crippen LogP contribution in [0.2, 0.25) is 0 Å². The van der Waals surface area contributed by atoms with Crippen molar-refractivity contribution in [1.29, 1.82) is 0 Å². The lowest BCUT2D eigenvalue weighted by Gasteiger charge is -2.12. The van der Waals surface area contributed by atoms with Crippen molar-refractivity contribution in [2.24, 2.45) is 0 Å². The number of allylic oxidation sites excluding steroid dienone is 1. The third kappa shape index (κ3) is 5.27. The minimum absolute atomic E-state index is 0.351. The van der Waals surface area contributed by atoms with Gasteiger partial charge in [0, 0.05) is 13.2 Å². The molecule has 0 aromatic heterocycles. The molecule has 13 heavy (non-hydrogen) atoms. The summed E-state index contributed by atoms with van der Waals surface area (Å²) in [4.78, 5) is 21.1. The van der Waals surface area contributed by atoms with Crippen molar-refractivity contribution < 1.29 is 19.1 Å². The molecular weight excluding hydrogens is 172 g/mol. The molecule has 0 bridgehead atoms. The lowest BCUT2D eigenvalue weighted by molar-refractivity contribution is -0.162. The molecule has 0 saturated heterocycles. The van der Waals surface area contributed by atoms with Gasteiger partial charge in [-0.25, -0.2) is 0 Å². The number of rotatable bonds is 7. The summed E-state index contributed by atoms with van der Waals surface area (Å²) < 4.78 is 10.0. The number of hydrogen-bond donors (Lipinski definition) is 0. The monoisotopic (exact) mass is 186 g/mol. The molecule has 4 nitrogen and oxygen atoms in total. The van der Waals surface area contributed by atoms with Crippen molar-refractivity contribution in [3.8, 4) is 0 Å². The second-order valence-electron chi connectivity index (χ2n) is 2.14. The van der Waals surface area contributed by atoms with Gasteiger partial charge in [-0.15, -0.1) is 0 Å². The molecular formula is C9H14O4. The van der Waals surface area contributed by atoms with Gasteiger partial charge < -0.3 is 9.47 Å². The van der Waals surface area contributed by atoms with Crippen LogP contribution in [0.3, 0.4) is 0 Å². The Kier molecular flexibility index (Phi) is 7.05. The third-order valence-electron chi connectivity index (χ3n) is 1.21. The van der Waals surface area contributed by atoms with Crippen LogP contribution in [0.5, 0.6) is 0 Å². The first-order valence-corrected chi connectivity index (χ1v) is 4.15. The van der Waals surface area contributed by atoms with Gasteiger partial charge in [0.1, 0.15) is 6.29 Å². The molecule has 0 aliphatic heterocycles. The minimum Gasteiger partial charge on any atom is -0.346 e. The average Bonchev–Trinajstić information content (AvgIpc) is 2.14. The Balaban J connectivity index is 4.09. The van der Waals surface area contributed by atoms with Crippen molar-refractivity contribution in [1.82, 2.24) is 0 Å². The molecule has 0 aliphatic carbocycles. The number of ether oxygens (including phenoxy) is 2. The Morgan fingerprint density at radius 2 is 1.85 bits per heavy atom. The van der Waals surface area contributed by atoms with Gasteiger partial charge in [0.2, 0.25) is 12.1 Å². The summed E-state index contributed by atoms with van der Waals surface area (Å²) in [7, 11) is 0. The van der Waals surface area contributed by atoms with Gasteiger partial charge in [0.25, 0.3) is 0 Å². The van der Waals surface area contributed by atoms with Crippen LogP contribution in [0.15, 0.2) is 12.2 Å². The van der Waals surface area contributed by atoms with E-state index in [4.69, 9.17) is 9.47 Å². The fourth-order valence-electron chi connectivity index (χ4n) is 0.728. The molecule has 0 aliphatic rings. The number of carbonyl (C=O) groups is 2. The van der Waals surface area contributed by atoms with E-state index in [1.165, 1.54) is 0 Å². The summed E-state index contributed by atoms with van der Waals surface area (Å²) in [5.41, 5.74) is 0. The summed E-state index contributed by atoms with van der Waals surface area (Å²) in [6.45, 7) is 4.32. The average molecular weight is 186 g/mol. The predicted octanol–water partition coefficient (Wildman–Crippen LogP) is 0.710. The van der Waals surface area contributed by atoms with Gasteiger partial charge in [-0.1, -0.05) is 0 Å². The predicted molar refractivity (Wildman–Crippen MR) is 47.3 cm³/mol. The van der Waals surface area contributed by atoms with E-state index in [9.17, 15) is 9.59 Å². The minimum atomic E-state index is -0.883. The molecule has 0 saturated carbocycles. The number of carbonyl (C=O) groups excluding carboxylic acids is 2. The molecule has 0 N–H and O–H groups in total. The molecule has 0 heterocycles. The maximum Gasteiger partial charge on any atom is 0.221 e. The first kappa shape index (κ1) is 12.0. The molecule has 0 rings (SSSR count). The molecule has 0 spiro atoms. The second kappa shape index (κ2) is 7.64. The Morgan fingerprint density at radius 1 is 1.31 bits per heavy atom. The smallest absolute Gasteiger partial charge is 0.221 e. The van der Waals surface area contributed by atoms with E-state index in [1.807, 2.05) is 0 Å². The molecule has 4 heteroatoms. The summed E-state index contributed by atoms with van der Waals surface area (Å²) in [5, 5.41) is 0. The van der Waals surface area contributed by atoms with E-state index in [0.29, 0.717) is 19.5 Å². The van der Waals surface area contributed by atoms with E-state index in [0.717, 1.165) is 12.2 Å². The maximum atomic E-state index is 11.2. The highest BCUT2D eigenvalue weighted by Gasteiger charge is 2.14. The molecule has 0 radical (unpaired) electrons. The van der Waals surface area contributed by atoms with Crippen LogP contribution in [0.1, 0.15) is 13.8 Å². The van der Waals surface area contributed by atoms with Gasteiger partial charge in [-0.05, 0) is 26.0 Å². The Morgan fingerprint density at radius 3 is 2.23 bits per heavy atom. The van der Waals surface area contributed by atoms with Crippen LogP contribution in [-0.4, -0.2) is 31.6 Å². The molecule has 74 valence electrons. The quantitative estimate of drug-likeness (QED) is 0.334. The topological polar surface area (TPSA) is 52.6 Å². The van der Waals surface area contributed by atoms with Crippen LogP contribution in [0, 0.1) is 0 Å². The highest BCUT2D eigenvalue weighted by atomic mass is 16.7. The van der Waals surface area contributed by atoms with Crippen LogP contribution in [0.4, 0.5) is 0 Å². The zero-order valence-electron chi connectivity index (χ0n) is 7.86. The normalized spacial score (nSPS) is 11.0. The van der Waals surface area contributed by atoms with Gasteiger partial charge in [0.15, 0.2) is 0 Å². The summed E-state index contributed by atoms with van der Waals surface area (Å²) >= 11 is 0. The van der Waals surface area contributed by atoms with Crippen LogP contribution in [0.25, 0.3) is 0 Å². The van der Waals surface area contributed by atoms with Crippen LogP contribution < -0.4 is 0 Å². The second-order valence-corrected chi connectivity index (χ2v) is 2.14. The lowest BCUT2D eigenvalue weighted by Crippen LogP contribution is -2.26. The molecule has 0 atom stereocenters. The van der Waals surface area contributed by atoms with Gasteiger partial charge in [0.05, 0.1) is 0 Å². The number of hydrogen-bond acceptors (Lipinski definition) is 4. The Bertz CT molecular complexity index is 180.